The molecule has 0 aromatic heterocycles. The van der Waals surface area contributed by atoms with Gasteiger partial charge in [-0.25, -0.2) is 0 Å². The number of aryl methyl sites for hydroxylation is 2. The second-order valence-electron chi connectivity index (χ2n) is 6.52. The zero-order valence-corrected chi connectivity index (χ0v) is 15.8. The summed E-state index contributed by atoms with van der Waals surface area (Å²) in [6.45, 7) is 4.00. The Morgan fingerprint density at radius 2 is 1.63 bits per heavy atom. The average molecular weight is 360 g/mol. The molecule has 3 aromatic rings. The number of anilines is 2. The summed E-state index contributed by atoms with van der Waals surface area (Å²) in [5.41, 5.74) is 4.72. The van der Waals surface area contributed by atoms with Gasteiger partial charge in [0.1, 0.15) is 11.8 Å². The van der Waals surface area contributed by atoms with Crippen LogP contribution in [0.3, 0.4) is 0 Å². The molecule has 0 bridgehead atoms. The van der Waals surface area contributed by atoms with E-state index in [9.17, 15) is 4.79 Å². The first-order chi connectivity index (χ1) is 13.1. The minimum atomic E-state index is -0.514. The van der Waals surface area contributed by atoms with Crippen molar-refractivity contribution in [2.75, 3.05) is 17.7 Å². The lowest BCUT2D eigenvalue weighted by Gasteiger charge is -2.21. The summed E-state index contributed by atoms with van der Waals surface area (Å²) in [5.74, 6) is 0.669. The molecule has 0 aliphatic heterocycles. The Balaban J connectivity index is 1.87. The topological polar surface area (TPSA) is 50.4 Å². The Morgan fingerprint density at radius 3 is 2.30 bits per heavy atom. The highest BCUT2D eigenvalue weighted by atomic mass is 16.5. The van der Waals surface area contributed by atoms with Gasteiger partial charge in [-0.05, 0) is 60.9 Å². The van der Waals surface area contributed by atoms with E-state index in [1.807, 2.05) is 86.6 Å². The fraction of sp³-hybridized carbons (Fsp3) is 0.174. The van der Waals surface area contributed by atoms with Crippen LogP contribution in [-0.4, -0.2) is 13.0 Å². The normalized spacial score (nSPS) is 11.5. The van der Waals surface area contributed by atoms with Crippen molar-refractivity contribution < 1.29 is 9.53 Å². The van der Waals surface area contributed by atoms with Crippen molar-refractivity contribution >= 4 is 17.3 Å². The standard InChI is InChI=1S/C23H24N2O2/c1-16-9-10-17(2)21(15-16)25-23(26)22(18-7-5-4-6-8-18)24-19-11-13-20(27-3)14-12-19/h4-15,22,24H,1-3H3,(H,25,26)/t22-/m0/s1. The molecule has 0 saturated heterocycles. The summed E-state index contributed by atoms with van der Waals surface area (Å²) in [5, 5.41) is 6.40. The first-order valence-electron chi connectivity index (χ1n) is 8.90. The maximum Gasteiger partial charge on any atom is 0.251 e. The number of methoxy groups -OCH3 is 1. The predicted molar refractivity (Wildman–Crippen MR) is 110 cm³/mol. The van der Waals surface area contributed by atoms with Gasteiger partial charge in [-0.15, -0.1) is 0 Å². The highest BCUT2D eigenvalue weighted by molar-refractivity contribution is 5.98. The van der Waals surface area contributed by atoms with Crippen molar-refractivity contribution in [1.29, 1.82) is 0 Å². The van der Waals surface area contributed by atoms with Gasteiger partial charge in [0.25, 0.3) is 5.91 Å². The Kier molecular flexibility index (Phi) is 5.77. The van der Waals surface area contributed by atoms with Gasteiger partial charge in [-0.3, -0.25) is 4.79 Å². The van der Waals surface area contributed by atoms with Gasteiger partial charge in [0.15, 0.2) is 0 Å². The Labute approximate surface area is 160 Å². The fourth-order valence-corrected chi connectivity index (χ4v) is 2.88. The minimum absolute atomic E-state index is 0.106. The summed E-state index contributed by atoms with van der Waals surface area (Å²) in [6.07, 6.45) is 0. The van der Waals surface area contributed by atoms with E-state index < -0.39 is 6.04 Å². The molecule has 0 aliphatic rings. The van der Waals surface area contributed by atoms with Crippen LogP contribution in [0.5, 0.6) is 5.75 Å². The van der Waals surface area contributed by atoms with Crippen molar-refractivity contribution in [2.45, 2.75) is 19.9 Å². The molecule has 1 atom stereocenters. The van der Waals surface area contributed by atoms with Gasteiger partial charge in [-0.2, -0.15) is 0 Å². The van der Waals surface area contributed by atoms with E-state index >= 15 is 0 Å². The van der Waals surface area contributed by atoms with Gasteiger partial charge >= 0.3 is 0 Å². The lowest BCUT2D eigenvalue weighted by molar-refractivity contribution is -0.117. The van der Waals surface area contributed by atoms with Crippen LogP contribution < -0.4 is 15.4 Å². The van der Waals surface area contributed by atoms with E-state index in [1.54, 1.807) is 7.11 Å². The number of hydrogen-bond acceptors (Lipinski definition) is 3. The van der Waals surface area contributed by atoms with E-state index in [4.69, 9.17) is 4.74 Å². The molecule has 0 unspecified atom stereocenters. The third-order valence-corrected chi connectivity index (χ3v) is 4.45. The number of rotatable bonds is 6. The quantitative estimate of drug-likeness (QED) is 0.643. The molecular formula is C23H24N2O2. The van der Waals surface area contributed by atoms with Crippen LogP contribution in [0.25, 0.3) is 0 Å². The first kappa shape index (κ1) is 18.5. The third kappa shape index (κ3) is 4.67. The smallest absolute Gasteiger partial charge is 0.251 e. The Bertz CT molecular complexity index is 905. The largest absolute Gasteiger partial charge is 0.497 e. The zero-order chi connectivity index (χ0) is 19.2. The van der Waals surface area contributed by atoms with E-state index in [2.05, 4.69) is 10.6 Å². The molecule has 0 heterocycles. The summed E-state index contributed by atoms with van der Waals surface area (Å²) in [7, 11) is 1.63. The van der Waals surface area contributed by atoms with Crippen LogP contribution in [0.2, 0.25) is 0 Å². The summed E-state index contributed by atoms with van der Waals surface area (Å²) < 4.78 is 5.20. The number of benzene rings is 3. The molecule has 3 rings (SSSR count). The summed E-state index contributed by atoms with van der Waals surface area (Å²) >= 11 is 0. The van der Waals surface area contributed by atoms with E-state index in [0.29, 0.717) is 0 Å². The summed E-state index contributed by atoms with van der Waals surface area (Å²) in [4.78, 5) is 13.1. The van der Waals surface area contributed by atoms with Crippen LogP contribution in [0, 0.1) is 13.8 Å². The molecule has 0 aliphatic carbocycles. The highest BCUT2D eigenvalue weighted by Gasteiger charge is 2.21. The number of carbonyl (C=O) groups excluding carboxylic acids is 1. The van der Waals surface area contributed by atoms with Crippen molar-refractivity contribution in [1.82, 2.24) is 0 Å². The average Bonchev–Trinajstić information content (AvgIpc) is 2.70. The fourth-order valence-electron chi connectivity index (χ4n) is 2.88. The molecule has 1 amide bonds. The molecule has 0 saturated carbocycles. The van der Waals surface area contributed by atoms with E-state index in [0.717, 1.165) is 33.8 Å². The molecule has 0 spiro atoms. The van der Waals surface area contributed by atoms with Crippen molar-refractivity contribution in [3.63, 3.8) is 0 Å². The summed E-state index contributed by atoms with van der Waals surface area (Å²) in [6, 6.07) is 22.8. The molecular weight excluding hydrogens is 336 g/mol. The molecule has 2 N–H and O–H groups in total. The lowest BCUT2D eigenvalue weighted by atomic mass is 10.0. The van der Waals surface area contributed by atoms with Crippen LogP contribution in [0.15, 0.2) is 72.8 Å². The van der Waals surface area contributed by atoms with Crippen LogP contribution >= 0.6 is 0 Å². The number of carbonyl (C=O) groups is 1. The number of amides is 1. The Hall–Kier alpha value is -3.27. The van der Waals surface area contributed by atoms with Crippen LogP contribution in [0.1, 0.15) is 22.7 Å². The third-order valence-electron chi connectivity index (χ3n) is 4.45. The maximum atomic E-state index is 13.1. The van der Waals surface area contributed by atoms with E-state index in [1.165, 1.54) is 0 Å². The highest BCUT2D eigenvalue weighted by Crippen LogP contribution is 2.24. The molecule has 4 nitrogen and oxygen atoms in total. The van der Waals surface area contributed by atoms with Crippen LogP contribution in [0.4, 0.5) is 11.4 Å². The van der Waals surface area contributed by atoms with Crippen molar-refractivity contribution in [2.24, 2.45) is 0 Å². The van der Waals surface area contributed by atoms with Gasteiger partial charge < -0.3 is 15.4 Å². The molecule has 27 heavy (non-hydrogen) atoms. The zero-order valence-electron chi connectivity index (χ0n) is 15.8. The molecule has 0 fully saturated rings. The first-order valence-corrected chi connectivity index (χ1v) is 8.90. The maximum absolute atomic E-state index is 13.1. The second-order valence-corrected chi connectivity index (χ2v) is 6.52. The van der Waals surface area contributed by atoms with Gasteiger partial charge in [0, 0.05) is 11.4 Å². The molecule has 3 aromatic carbocycles. The predicted octanol–water partition coefficient (Wildman–Crippen LogP) is 5.10. The molecule has 138 valence electrons. The molecule has 0 radical (unpaired) electrons. The van der Waals surface area contributed by atoms with Crippen molar-refractivity contribution in [3.05, 3.63) is 89.5 Å². The lowest BCUT2D eigenvalue weighted by Crippen LogP contribution is -2.27. The second kappa shape index (κ2) is 8.41. The number of ether oxygens (including phenoxy) is 1. The monoisotopic (exact) mass is 360 g/mol. The number of nitrogens with one attached hydrogen (secondary N) is 2. The number of hydrogen-bond donors (Lipinski definition) is 2. The minimum Gasteiger partial charge on any atom is -0.497 e. The van der Waals surface area contributed by atoms with Gasteiger partial charge in [-0.1, -0.05) is 42.5 Å². The van der Waals surface area contributed by atoms with E-state index in [-0.39, 0.29) is 5.91 Å². The van der Waals surface area contributed by atoms with Crippen molar-refractivity contribution in [3.8, 4) is 5.75 Å². The SMILES string of the molecule is COc1ccc(N[C@H](C(=O)Nc2cc(C)ccc2C)c2ccccc2)cc1. The van der Waals surface area contributed by atoms with Gasteiger partial charge in [0.2, 0.25) is 0 Å². The van der Waals surface area contributed by atoms with Gasteiger partial charge in [0.05, 0.1) is 7.11 Å². The Morgan fingerprint density at radius 1 is 0.926 bits per heavy atom. The molecule has 4 heteroatoms. The van der Waals surface area contributed by atoms with Crippen LogP contribution in [-0.2, 0) is 4.79 Å².